The molecule has 0 saturated heterocycles. The first-order valence-electron chi connectivity index (χ1n) is 10.7. The van der Waals surface area contributed by atoms with Crippen molar-refractivity contribution < 1.29 is 14.6 Å². The molecular formula is C24H28N2O3S2. The number of rotatable bonds is 9. The zero-order valence-corrected chi connectivity index (χ0v) is 19.3. The molecule has 1 fully saturated rings. The van der Waals surface area contributed by atoms with Gasteiger partial charge in [-0.05, 0) is 55.2 Å². The number of thiophene rings is 1. The van der Waals surface area contributed by atoms with E-state index in [4.69, 9.17) is 14.9 Å². The Morgan fingerprint density at radius 1 is 1.16 bits per heavy atom. The average molecular weight is 457 g/mol. The van der Waals surface area contributed by atoms with Gasteiger partial charge in [0.05, 0.1) is 12.2 Å². The third-order valence-electron chi connectivity index (χ3n) is 5.89. The first-order valence-corrected chi connectivity index (χ1v) is 12.8. The normalized spacial score (nSPS) is 18.9. The van der Waals surface area contributed by atoms with Crippen LogP contribution in [0.3, 0.4) is 0 Å². The molecule has 2 aromatic heterocycles. The lowest BCUT2D eigenvalue weighted by Crippen LogP contribution is -2.23. The number of hydrogen-bond acceptors (Lipinski definition) is 5. The highest BCUT2D eigenvalue weighted by molar-refractivity contribution is 7.98. The number of ether oxygens (including phenoxy) is 1. The summed E-state index contributed by atoms with van der Waals surface area (Å²) in [5, 5.41) is 17.2. The Labute approximate surface area is 191 Å². The van der Waals surface area contributed by atoms with E-state index in [9.17, 15) is 4.79 Å². The predicted molar refractivity (Wildman–Crippen MR) is 127 cm³/mol. The molecule has 0 aliphatic heterocycles. The zero-order valence-electron chi connectivity index (χ0n) is 17.7. The van der Waals surface area contributed by atoms with Gasteiger partial charge in [-0.3, -0.25) is 4.68 Å². The van der Waals surface area contributed by atoms with Gasteiger partial charge in [0.1, 0.15) is 17.3 Å². The number of nitrogens with zero attached hydrogens (tertiary/aromatic N) is 2. The third-order valence-corrected chi connectivity index (χ3v) is 7.58. The second kappa shape index (κ2) is 10.5. The Balaban J connectivity index is 1.51. The fourth-order valence-corrected chi connectivity index (χ4v) is 5.93. The van der Waals surface area contributed by atoms with E-state index in [-0.39, 0.29) is 6.61 Å². The SMILES string of the molecule is CSc1c(-c2cccs2)c(-c2ccccc2)nn1C[C@H]1CC[C@@H](COCC(=O)O)CC1. The van der Waals surface area contributed by atoms with Gasteiger partial charge in [0, 0.05) is 17.0 Å². The minimum absolute atomic E-state index is 0.196. The summed E-state index contributed by atoms with van der Waals surface area (Å²) < 4.78 is 7.53. The van der Waals surface area contributed by atoms with Crippen LogP contribution in [-0.4, -0.2) is 40.3 Å². The predicted octanol–water partition coefficient (Wildman–Crippen LogP) is 5.91. The summed E-state index contributed by atoms with van der Waals surface area (Å²) in [6.07, 6.45) is 6.57. The van der Waals surface area contributed by atoms with E-state index in [2.05, 4.69) is 52.7 Å². The van der Waals surface area contributed by atoms with Crippen molar-refractivity contribution in [3.8, 4) is 21.7 Å². The van der Waals surface area contributed by atoms with Crippen molar-refractivity contribution in [1.82, 2.24) is 9.78 Å². The van der Waals surface area contributed by atoms with Gasteiger partial charge >= 0.3 is 5.97 Å². The monoisotopic (exact) mass is 456 g/mol. The summed E-state index contributed by atoms with van der Waals surface area (Å²) in [6.45, 7) is 1.28. The van der Waals surface area contributed by atoms with E-state index in [0.29, 0.717) is 18.4 Å². The summed E-state index contributed by atoms with van der Waals surface area (Å²) in [7, 11) is 0. The molecule has 164 valence electrons. The Kier molecular flexibility index (Phi) is 7.48. The van der Waals surface area contributed by atoms with Crippen molar-refractivity contribution >= 4 is 29.1 Å². The molecule has 4 rings (SSSR count). The Morgan fingerprint density at radius 2 is 1.90 bits per heavy atom. The molecular weight excluding hydrogens is 428 g/mol. The van der Waals surface area contributed by atoms with Gasteiger partial charge in [-0.2, -0.15) is 5.10 Å². The van der Waals surface area contributed by atoms with Crippen LogP contribution in [0.1, 0.15) is 25.7 Å². The maximum atomic E-state index is 10.6. The molecule has 0 atom stereocenters. The quantitative estimate of drug-likeness (QED) is 0.406. The number of hydrogen-bond donors (Lipinski definition) is 1. The lowest BCUT2D eigenvalue weighted by molar-refractivity contribution is -0.142. The molecule has 5 nitrogen and oxygen atoms in total. The molecule has 31 heavy (non-hydrogen) atoms. The van der Waals surface area contributed by atoms with E-state index < -0.39 is 5.97 Å². The number of carboxylic acids is 1. The van der Waals surface area contributed by atoms with Crippen LogP contribution in [0, 0.1) is 11.8 Å². The molecule has 1 aliphatic carbocycles. The maximum absolute atomic E-state index is 10.6. The average Bonchev–Trinajstić information content (AvgIpc) is 3.43. The highest BCUT2D eigenvalue weighted by Crippen LogP contribution is 2.41. The molecule has 0 bridgehead atoms. The lowest BCUT2D eigenvalue weighted by atomic mass is 9.82. The molecule has 1 aromatic carbocycles. The van der Waals surface area contributed by atoms with Crippen molar-refractivity contribution in [2.75, 3.05) is 19.5 Å². The zero-order chi connectivity index (χ0) is 21.6. The first kappa shape index (κ1) is 22.1. The minimum Gasteiger partial charge on any atom is -0.480 e. The van der Waals surface area contributed by atoms with Crippen LogP contribution in [0.4, 0.5) is 0 Å². The van der Waals surface area contributed by atoms with E-state index in [1.165, 1.54) is 15.5 Å². The van der Waals surface area contributed by atoms with Gasteiger partial charge in [-0.25, -0.2) is 4.79 Å². The van der Waals surface area contributed by atoms with Crippen LogP contribution in [0.25, 0.3) is 21.7 Å². The van der Waals surface area contributed by atoms with E-state index in [0.717, 1.165) is 43.5 Å². The van der Waals surface area contributed by atoms with Crippen LogP contribution in [0.5, 0.6) is 0 Å². The van der Waals surface area contributed by atoms with Crippen molar-refractivity contribution in [2.45, 2.75) is 37.3 Å². The fourth-order valence-electron chi connectivity index (χ4n) is 4.36. The molecule has 0 unspecified atom stereocenters. The molecule has 0 amide bonds. The number of aliphatic carboxylic acids is 1. The number of benzene rings is 1. The molecule has 0 spiro atoms. The topological polar surface area (TPSA) is 64.4 Å². The number of carboxylic acid groups (broad SMARTS) is 1. The standard InChI is InChI=1S/C24H28N2O3S2/c1-30-24-22(20-8-5-13-31-20)23(19-6-3-2-4-7-19)25-26(24)14-17-9-11-18(12-10-17)15-29-16-21(27)28/h2-8,13,17-18H,9-12,14-16H2,1H3,(H,27,28)/t17-,18+. The van der Waals surface area contributed by atoms with Gasteiger partial charge in [0.25, 0.3) is 0 Å². The van der Waals surface area contributed by atoms with Crippen molar-refractivity contribution in [3.05, 3.63) is 47.8 Å². The third kappa shape index (κ3) is 5.40. The van der Waals surface area contributed by atoms with Crippen molar-refractivity contribution in [3.63, 3.8) is 0 Å². The molecule has 3 aromatic rings. The van der Waals surface area contributed by atoms with Crippen molar-refractivity contribution in [2.24, 2.45) is 11.8 Å². The summed E-state index contributed by atoms with van der Waals surface area (Å²) in [6, 6.07) is 14.7. The van der Waals surface area contributed by atoms with E-state index in [1.54, 1.807) is 23.1 Å². The van der Waals surface area contributed by atoms with Crippen molar-refractivity contribution in [1.29, 1.82) is 0 Å². The molecule has 7 heteroatoms. The largest absolute Gasteiger partial charge is 0.480 e. The van der Waals surface area contributed by atoms with Crippen LogP contribution in [0.2, 0.25) is 0 Å². The molecule has 1 N–H and O–H groups in total. The summed E-state index contributed by atoms with van der Waals surface area (Å²) >= 11 is 3.53. The number of thioether (sulfide) groups is 1. The van der Waals surface area contributed by atoms with Gasteiger partial charge in [0.2, 0.25) is 0 Å². The fraction of sp³-hybridized carbons (Fsp3) is 0.417. The lowest BCUT2D eigenvalue weighted by Gasteiger charge is -2.28. The highest BCUT2D eigenvalue weighted by Gasteiger charge is 2.26. The van der Waals surface area contributed by atoms with Gasteiger partial charge in [0.15, 0.2) is 0 Å². The Hall–Kier alpha value is -2.09. The number of carbonyl (C=O) groups is 1. The second-order valence-electron chi connectivity index (χ2n) is 8.05. The summed E-state index contributed by atoms with van der Waals surface area (Å²) in [5.41, 5.74) is 3.45. The molecule has 2 heterocycles. The van der Waals surface area contributed by atoms with Gasteiger partial charge in [-0.1, -0.05) is 36.4 Å². The minimum atomic E-state index is -0.896. The van der Waals surface area contributed by atoms with Gasteiger partial charge in [-0.15, -0.1) is 23.1 Å². The van der Waals surface area contributed by atoms with E-state index in [1.807, 2.05) is 6.07 Å². The maximum Gasteiger partial charge on any atom is 0.329 e. The first-order chi connectivity index (χ1) is 15.2. The second-order valence-corrected chi connectivity index (χ2v) is 9.80. The van der Waals surface area contributed by atoms with Gasteiger partial charge < -0.3 is 9.84 Å². The van der Waals surface area contributed by atoms with Crippen LogP contribution in [-0.2, 0) is 16.1 Å². The molecule has 0 radical (unpaired) electrons. The van der Waals surface area contributed by atoms with E-state index >= 15 is 0 Å². The van der Waals surface area contributed by atoms with Crippen LogP contribution < -0.4 is 0 Å². The summed E-state index contributed by atoms with van der Waals surface area (Å²) in [4.78, 5) is 11.9. The van der Waals surface area contributed by atoms with Crippen LogP contribution >= 0.6 is 23.1 Å². The Morgan fingerprint density at radius 3 is 2.55 bits per heavy atom. The smallest absolute Gasteiger partial charge is 0.329 e. The number of aromatic nitrogens is 2. The highest BCUT2D eigenvalue weighted by atomic mass is 32.2. The van der Waals surface area contributed by atoms with Crippen LogP contribution in [0.15, 0.2) is 52.9 Å². The Bertz CT molecular complexity index is 978. The molecule has 1 aliphatic rings. The molecule has 1 saturated carbocycles. The summed E-state index contributed by atoms with van der Waals surface area (Å²) in [5.74, 6) is 0.156.